The maximum absolute atomic E-state index is 5.77. The van der Waals surface area contributed by atoms with Crippen LogP contribution >= 0.6 is 23.2 Å². The van der Waals surface area contributed by atoms with Crippen LogP contribution in [0, 0.1) is 0 Å². The van der Waals surface area contributed by atoms with E-state index in [1.807, 2.05) is 40.7 Å². The summed E-state index contributed by atoms with van der Waals surface area (Å²) in [5.74, 6) is 0. The second-order valence-electron chi connectivity index (χ2n) is 2.16. The van der Waals surface area contributed by atoms with Crippen molar-refractivity contribution in [3.05, 3.63) is 21.7 Å². The molecule has 0 bridgehead atoms. The highest BCUT2D eigenvalue weighted by molar-refractivity contribution is 6.31. The summed E-state index contributed by atoms with van der Waals surface area (Å²) < 4.78 is 0. The minimum absolute atomic E-state index is 0.798. The molecule has 2 heteroatoms. The first kappa shape index (κ1) is 14.6. The molecule has 0 nitrogen and oxygen atoms in total. The maximum Gasteiger partial charge on any atom is 0.0181 e. The third-order valence-electron chi connectivity index (χ3n) is 1.25. The Morgan fingerprint density at radius 2 is 1.58 bits per heavy atom. The van der Waals surface area contributed by atoms with E-state index in [2.05, 4.69) is 0 Å². The van der Waals surface area contributed by atoms with Gasteiger partial charge in [0.15, 0.2) is 0 Å². The molecule has 0 aliphatic heterocycles. The average molecular weight is 209 g/mol. The molecule has 0 aromatic heterocycles. The molecule has 0 saturated heterocycles. The molecule has 0 amide bonds. The SMILES string of the molecule is CC.CC/C(Cl)=C\C(C)=C(/C)Cl. The van der Waals surface area contributed by atoms with Gasteiger partial charge in [-0.1, -0.05) is 44.0 Å². The molecule has 0 unspecified atom stereocenters. The van der Waals surface area contributed by atoms with Crippen LogP contribution in [0.25, 0.3) is 0 Å². The van der Waals surface area contributed by atoms with Crippen LogP contribution in [0.3, 0.4) is 0 Å². The van der Waals surface area contributed by atoms with Crippen LogP contribution in [0.4, 0.5) is 0 Å². The smallest absolute Gasteiger partial charge is 0.0181 e. The van der Waals surface area contributed by atoms with E-state index in [1.54, 1.807) is 0 Å². The van der Waals surface area contributed by atoms with E-state index in [9.17, 15) is 0 Å². The summed E-state index contributed by atoms with van der Waals surface area (Å²) >= 11 is 11.5. The van der Waals surface area contributed by atoms with Crippen molar-refractivity contribution in [2.45, 2.75) is 41.0 Å². The second kappa shape index (κ2) is 9.15. The molecule has 0 atom stereocenters. The molecule has 0 rings (SSSR count). The van der Waals surface area contributed by atoms with Crippen molar-refractivity contribution in [3.63, 3.8) is 0 Å². The summed E-state index contributed by atoms with van der Waals surface area (Å²) in [6.45, 7) is 9.81. The van der Waals surface area contributed by atoms with Gasteiger partial charge in [0.25, 0.3) is 0 Å². The Balaban J connectivity index is 0. The normalized spacial score (nSPS) is 13.1. The van der Waals surface area contributed by atoms with Crippen molar-refractivity contribution in [2.24, 2.45) is 0 Å². The summed E-state index contributed by atoms with van der Waals surface area (Å²) in [6.07, 6.45) is 2.76. The van der Waals surface area contributed by atoms with Crippen LogP contribution in [0.1, 0.15) is 41.0 Å². The number of halogens is 2. The first-order valence-corrected chi connectivity index (χ1v) is 5.02. The third kappa shape index (κ3) is 8.16. The lowest BCUT2D eigenvalue weighted by molar-refractivity contribution is 1.18. The van der Waals surface area contributed by atoms with Gasteiger partial charge < -0.3 is 0 Å². The van der Waals surface area contributed by atoms with E-state index in [1.165, 1.54) is 0 Å². The lowest BCUT2D eigenvalue weighted by atomic mass is 10.2. The molecule has 0 N–H and O–H groups in total. The lowest BCUT2D eigenvalue weighted by Crippen LogP contribution is -1.73. The van der Waals surface area contributed by atoms with E-state index in [0.717, 1.165) is 22.1 Å². The minimum Gasteiger partial charge on any atom is -0.0892 e. The monoisotopic (exact) mass is 208 g/mol. The van der Waals surface area contributed by atoms with Gasteiger partial charge in [-0.15, -0.1) is 0 Å². The second-order valence-corrected chi connectivity index (χ2v) is 3.21. The van der Waals surface area contributed by atoms with E-state index in [-0.39, 0.29) is 0 Å². The molecule has 0 aliphatic carbocycles. The molecule has 72 valence electrons. The van der Waals surface area contributed by atoms with Crippen LogP contribution in [0.15, 0.2) is 21.7 Å². The van der Waals surface area contributed by atoms with Gasteiger partial charge in [0.2, 0.25) is 0 Å². The molecule has 0 aromatic rings. The van der Waals surface area contributed by atoms with Crippen molar-refractivity contribution >= 4 is 23.2 Å². The highest BCUT2D eigenvalue weighted by atomic mass is 35.5. The van der Waals surface area contributed by atoms with Gasteiger partial charge in [-0.2, -0.15) is 0 Å². The number of hydrogen-bond acceptors (Lipinski definition) is 0. The Morgan fingerprint density at radius 3 is 1.83 bits per heavy atom. The van der Waals surface area contributed by atoms with E-state index >= 15 is 0 Å². The predicted molar refractivity (Wildman–Crippen MR) is 59.8 cm³/mol. The van der Waals surface area contributed by atoms with Crippen LogP contribution in [0.5, 0.6) is 0 Å². The van der Waals surface area contributed by atoms with Crippen molar-refractivity contribution < 1.29 is 0 Å². The van der Waals surface area contributed by atoms with E-state index < -0.39 is 0 Å². The van der Waals surface area contributed by atoms with Crippen molar-refractivity contribution in [3.8, 4) is 0 Å². The van der Waals surface area contributed by atoms with Crippen molar-refractivity contribution in [2.75, 3.05) is 0 Å². The zero-order valence-corrected chi connectivity index (χ0v) is 10.1. The Labute approximate surface area is 86.3 Å². The summed E-state index contributed by atoms with van der Waals surface area (Å²) in [6, 6.07) is 0. The molecule has 0 saturated carbocycles. The fraction of sp³-hybridized carbons (Fsp3) is 0.600. The largest absolute Gasteiger partial charge is 0.0892 e. The molecule has 0 aromatic carbocycles. The number of rotatable bonds is 2. The molecular formula is C10H18Cl2. The van der Waals surface area contributed by atoms with E-state index in [4.69, 9.17) is 23.2 Å². The molecule has 0 spiro atoms. The van der Waals surface area contributed by atoms with Gasteiger partial charge >= 0.3 is 0 Å². The average Bonchev–Trinajstić information content (AvgIpc) is 2.07. The van der Waals surface area contributed by atoms with Gasteiger partial charge in [-0.25, -0.2) is 0 Å². The zero-order valence-electron chi connectivity index (χ0n) is 8.54. The van der Waals surface area contributed by atoms with Gasteiger partial charge in [0, 0.05) is 10.1 Å². The Hall–Kier alpha value is 0.0600. The van der Waals surface area contributed by atoms with Gasteiger partial charge in [0.05, 0.1) is 0 Å². The standard InChI is InChI=1S/C8H12Cl2.C2H6/c1-4-8(10)5-6(2)7(3)9;1-2/h5H,4H2,1-3H3;1-2H3/b7-6+,8-5+;. The highest BCUT2D eigenvalue weighted by Gasteiger charge is 1.90. The van der Waals surface area contributed by atoms with Gasteiger partial charge in [-0.05, 0) is 31.9 Å². The summed E-state index contributed by atoms with van der Waals surface area (Å²) in [5, 5.41) is 1.64. The molecular weight excluding hydrogens is 191 g/mol. The van der Waals surface area contributed by atoms with E-state index in [0.29, 0.717) is 0 Å². The Morgan fingerprint density at radius 1 is 1.17 bits per heavy atom. The van der Waals surface area contributed by atoms with Crippen LogP contribution < -0.4 is 0 Å². The van der Waals surface area contributed by atoms with Gasteiger partial charge in [-0.3, -0.25) is 0 Å². The maximum atomic E-state index is 5.77. The zero-order chi connectivity index (χ0) is 10.1. The molecule has 12 heavy (non-hydrogen) atoms. The third-order valence-corrected chi connectivity index (χ3v) is 1.93. The van der Waals surface area contributed by atoms with Crippen molar-refractivity contribution in [1.82, 2.24) is 0 Å². The fourth-order valence-corrected chi connectivity index (χ4v) is 0.655. The molecule has 0 fully saturated rings. The topological polar surface area (TPSA) is 0 Å². The van der Waals surface area contributed by atoms with Gasteiger partial charge in [0.1, 0.15) is 0 Å². The quantitative estimate of drug-likeness (QED) is 0.556. The minimum atomic E-state index is 0.798. The summed E-state index contributed by atoms with van der Waals surface area (Å²) in [5.41, 5.74) is 1.04. The van der Waals surface area contributed by atoms with Crippen LogP contribution in [-0.2, 0) is 0 Å². The Kier molecular flexibility index (Phi) is 11.1. The first-order valence-electron chi connectivity index (χ1n) is 4.27. The lowest BCUT2D eigenvalue weighted by Gasteiger charge is -1.95. The molecule has 0 aliphatic rings. The Bertz CT molecular complexity index is 163. The number of hydrogen-bond donors (Lipinski definition) is 0. The summed E-state index contributed by atoms with van der Waals surface area (Å²) in [7, 11) is 0. The first-order chi connectivity index (χ1) is 5.57. The highest BCUT2D eigenvalue weighted by Crippen LogP contribution is 2.14. The summed E-state index contributed by atoms with van der Waals surface area (Å²) in [4.78, 5) is 0. The fourth-order valence-electron chi connectivity index (χ4n) is 0.436. The predicted octanol–water partition coefficient (Wildman–Crippen LogP) is 5.08. The van der Waals surface area contributed by atoms with Crippen molar-refractivity contribution in [1.29, 1.82) is 0 Å². The van der Waals surface area contributed by atoms with Crippen LogP contribution in [0.2, 0.25) is 0 Å². The number of allylic oxidation sites excluding steroid dienone is 4. The molecule has 0 heterocycles. The molecule has 0 radical (unpaired) electrons. The van der Waals surface area contributed by atoms with Crippen LogP contribution in [-0.4, -0.2) is 0 Å².